The van der Waals surface area contributed by atoms with Crippen LogP contribution in [0.1, 0.15) is 140 Å². The molecular formula is C130H88N12. The van der Waals surface area contributed by atoms with Crippen molar-refractivity contribution in [2.24, 2.45) is 0 Å². The van der Waals surface area contributed by atoms with Gasteiger partial charge in [-0.2, -0.15) is 0 Å². The lowest BCUT2D eigenvalue weighted by Crippen LogP contribution is -2.27. The molecule has 0 spiro atoms. The lowest BCUT2D eigenvalue weighted by Gasteiger charge is -2.42. The van der Waals surface area contributed by atoms with E-state index in [1.165, 1.54) is 122 Å². The molecule has 0 radical (unpaired) electrons. The Hall–Kier alpha value is -18.0. The smallest absolute Gasteiger partial charge is 0.164 e. The Balaban J connectivity index is 0.000000142. The highest BCUT2D eigenvalue weighted by molar-refractivity contribution is 5.98. The lowest BCUT2D eigenvalue weighted by atomic mass is 9.61. The van der Waals surface area contributed by atoms with Crippen LogP contribution >= 0.6 is 0 Å². The van der Waals surface area contributed by atoms with E-state index >= 15 is 0 Å². The van der Waals surface area contributed by atoms with Crippen LogP contribution in [-0.2, 0) is 10.8 Å². The summed E-state index contributed by atoms with van der Waals surface area (Å²) in [4.78, 5) is 62.1. The zero-order valence-electron chi connectivity index (χ0n) is 78.2. The molecule has 668 valence electrons. The minimum Gasteiger partial charge on any atom is -0.208 e. The van der Waals surface area contributed by atoms with Crippen molar-refractivity contribution in [2.45, 2.75) is 62.2 Å². The number of nitrogens with zero attached hydrogens (tertiary/aromatic N) is 12. The van der Waals surface area contributed by atoms with E-state index in [-0.39, 0.29) is 34.5 Å². The van der Waals surface area contributed by atoms with Gasteiger partial charge in [0.05, 0.1) is 0 Å². The van der Waals surface area contributed by atoms with Gasteiger partial charge < -0.3 is 0 Å². The van der Waals surface area contributed by atoms with Gasteiger partial charge in [-0.25, -0.2) is 59.8 Å². The van der Waals surface area contributed by atoms with Crippen molar-refractivity contribution in [1.82, 2.24) is 59.8 Å². The molecular weight excluding hydrogens is 1730 g/mol. The van der Waals surface area contributed by atoms with Crippen LogP contribution in [0.15, 0.2) is 437 Å². The highest BCUT2D eigenvalue weighted by Gasteiger charge is 2.45. The van der Waals surface area contributed by atoms with Crippen molar-refractivity contribution >= 4 is 0 Å². The van der Waals surface area contributed by atoms with Gasteiger partial charge in [0, 0.05) is 101 Å². The van der Waals surface area contributed by atoms with E-state index in [4.69, 9.17) is 59.8 Å². The van der Waals surface area contributed by atoms with E-state index in [0.29, 0.717) is 69.9 Å². The van der Waals surface area contributed by atoms with Gasteiger partial charge in [-0.3, -0.25) is 0 Å². The molecule has 0 aliphatic heterocycles. The topological polar surface area (TPSA) is 155 Å². The molecule has 30 rings (SSSR count). The molecule has 4 aromatic heterocycles. The number of fused-ring (bicyclic) bond motifs is 6. The van der Waals surface area contributed by atoms with E-state index < -0.39 is 0 Å². The van der Waals surface area contributed by atoms with E-state index in [1.807, 2.05) is 109 Å². The molecule has 4 atom stereocenters. The third-order valence-electron chi connectivity index (χ3n) is 29.9. The van der Waals surface area contributed by atoms with Crippen LogP contribution in [0.25, 0.3) is 181 Å². The number of benzene rings is 18. The van der Waals surface area contributed by atoms with E-state index in [9.17, 15) is 0 Å². The molecule has 142 heavy (non-hydrogen) atoms. The summed E-state index contributed by atoms with van der Waals surface area (Å²) >= 11 is 0. The molecule has 4 unspecified atom stereocenters. The van der Waals surface area contributed by atoms with Gasteiger partial charge in [-0.15, -0.1) is 0 Å². The fraction of sp³-hybridized carbons (Fsp3) is 0.0769. The van der Waals surface area contributed by atoms with Crippen molar-refractivity contribution in [1.29, 1.82) is 0 Å². The maximum absolute atomic E-state index is 5.41. The summed E-state index contributed by atoms with van der Waals surface area (Å²) in [6, 6.07) is 155. The number of rotatable bonds is 14. The average Bonchev–Trinajstić information content (AvgIpc) is 1.38. The summed E-state index contributed by atoms with van der Waals surface area (Å²) in [5.74, 6) is 7.79. The normalized spacial score (nSPS) is 15.3. The number of hydrogen-bond donors (Lipinski definition) is 0. The molecule has 0 N–H and O–H groups in total. The molecule has 4 bridgehead atoms. The van der Waals surface area contributed by atoms with Gasteiger partial charge in [-0.1, -0.05) is 434 Å². The predicted molar refractivity (Wildman–Crippen MR) is 567 cm³/mol. The van der Waals surface area contributed by atoms with Gasteiger partial charge in [0.2, 0.25) is 0 Å². The van der Waals surface area contributed by atoms with Crippen molar-refractivity contribution in [3.05, 3.63) is 526 Å². The lowest BCUT2D eigenvalue weighted by molar-refractivity contribution is 0.660. The summed E-state index contributed by atoms with van der Waals surface area (Å²) in [7, 11) is 0. The predicted octanol–water partition coefficient (Wildman–Crippen LogP) is 30.0. The summed E-state index contributed by atoms with van der Waals surface area (Å²) < 4.78 is 0. The fourth-order valence-electron chi connectivity index (χ4n) is 23.3. The Morgan fingerprint density at radius 2 is 0.338 bits per heavy atom. The molecule has 0 fully saturated rings. The molecule has 12 heteroatoms. The molecule has 4 heterocycles. The average molecular weight is 1820 g/mol. The van der Waals surface area contributed by atoms with Gasteiger partial charge in [-0.05, 0) is 164 Å². The Labute approximate surface area is 823 Å². The Morgan fingerprint density at radius 3 is 0.655 bits per heavy atom. The van der Waals surface area contributed by atoms with E-state index in [0.717, 1.165) is 77.9 Å². The van der Waals surface area contributed by atoms with Crippen LogP contribution in [0.5, 0.6) is 0 Å². The highest BCUT2D eigenvalue weighted by atomic mass is 15.1. The molecule has 8 aliphatic carbocycles. The van der Waals surface area contributed by atoms with Crippen LogP contribution < -0.4 is 0 Å². The third kappa shape index (κ3) is 13.9. The third-order valence-corrected chi connectivity index (χ3v) is 29.9. The summed E-state index contributed by atoms with van der Waals surface area (Å²) in [5.41, 5.74) is 41.9. The minimum absolute atomic E-state index is 0.0104. The fourth-order valence-corrected chi connectivity index (χ4v) is 23.3. The Kier molecular flexibility index (Phi) is 19.6. The van der Waals surface area contributed by atoms with Gasteiger partial charge in [0.1, 0.15) is 0 Å². The summed E-state index contributed by atoms with van der Waals surface area (Å²) in [6.07, 6.45) is 0. The van der Waals surface area contributed by atoms with Crippen molar-refractivity contribution in [3.8, 4) is 181 Å². The van der Waals surface area contributed by atoms with Crippen LogP contribution in [0.4, 0.5) is 0 Å². The largest absolute Gasteiger partial charge is 0.208 e. The summed E-state index contributed by atoms with van der Waals surface area (Å²) in [6.45, 7) is 9.32. The molecule has 22 aromatic rings. The summed E-state index contributed by atoms with van der Waals surface area (Å²) in [5, 5.41) is 0. The van der Waals surface area contributed by atoms with Crippen molar-refractivity contribution in [2.75, 3.05) is 0 Å². The van der Waals surface area contributed by atoms with Crippen LogP contribution in [-0.4, -0.2) is 59.8 Å². The van der Waals surface area contributed by atoms with Gasteiger partial charge in [0.25, 0.3) is 0 Å². The van der Waals surface area contributed by atoms with E-state index in [2.05, 4.69) is 355 Å². The molecule has 8 aliphatic rings. The SMILES string of the molecule is CC1(C)c2ccccc2-c2c(-c3cccc(-c4nc(-c5ccccc5)nc(-c5ccc6c(c5)C5c7ccccc7C6c6cc(-c7nc(-c8ccccc8)nc(-c8ccccc8)n7)ccc65)n4)c3)cccc21.CC1(C)c2ccccc2-c2c(-c3ccccc3-c3nc(-c4ccccc4)nc(-c4ccc5c(c4)C4c6ccccc6C5c5cc(-c6nc(-c7ccccc7)nc(-c7ccccc7)n6)ccc54)n3)cccc21. The maximum Gasteiger partial charge on any atom is 0.164 e. The second kappa shape index (κ2) is 33.4. The zero-order valence-corrected chi connectivity index (χ0v) is 78.2. The van der Waals surface area contributed by atoms with Gasteiger partial charge >= 0.3 is 0 Å². The first-order valence-electron chi connectivity index (χ1n) is 48.7. The Bertz CT molecular complexity index is 8750. The first-order chi connectivity index (χ1) is 69.9. The zero-order chi connectivity index (χ0) is 94.4. The molecule has 0 amide bonds. The first-order valence-corrected chi connectivity index (χ1v) is 48.7. The van der Waals surface area contributed by atoms with Crippen molar-refractivity contribution < 1.29 is 0 Å². The molecule has 12 nitrogen and oxygen atoms in total. The van der Waals surface area contributed by atoms with Crippen LogP contribution in [0.2, 0.25) is 0 Å². The minimum atomic E-state index is -0.125. The first kappa shape index (κ1) is 83.4. The van der Waals surface area contributed by atoms with E-state index in [1.54, 1.807) is 0 Å². The standard InChI is InChI=1S/2C65H44N6/c1-65(2)54-31-17-16-29-51(54)58-45(30-18-32-55(58)65)44-25-12-15-28-50(44)64-70-61(41-23-10-5-11-24-41)69-63(71-64)43-34-36-49-53(38-43)57-47-27-14-13-26-46(47)56(49)52-37-42(33-35-48(52)57)62-67-59(39-19-6-3-7-20-39)66-60(68-62)40-21-8-4-9-22-40;1-65(2)54-30-15-14-28-51(54)58-46(29-17-31-55(58)65)42-24-16-25-43(36-42)62-67-61(41-22-10-5-11-23-41)70-64(71-62)45-33-35-50-53(38-45)57-48-27-13-12-26-47(48)56(50)52-37-44(32-34-49(52)57)63-68-59(39-18-6-3-7-19-39)66-60(69-63)40-20-8-4-9-21-40/h2*3-38,56-57H,1-2H3. The molecule has 0 saturated heterocycles. The number of aromatic nitrogens is 12. The highest BCUT2D eigenvalue weighted by Crippen LogP contribution is 2.61. The molecule has 0 saturated carbocycles. The second-order valence-corrected chi connectivity index (χ2v) is 38.7. The van der Waals surface area contributed by atoms with Crippen LogP contribution in [0, 0.1) is 0 Å². The Morgan fingerprint density at radius 1 is 0.134 bits per heavy atom. The molecule has 18 aromatic carbocycles. The number of hydrogen-bond acceptors (Lipinski definition) is 12. The van der Waals surface area contributed by atoms with Crippen molar-refractivity contribution in [3.63, 3.8) is 0 Å². The quantitative estimate of drug-likeness (QED) is 0.102. The monoisotopic (exact) mass is 1820 g/mol. The van der Waals surface area contributed by atoms with Gasteiger partial charge in [0.15, 0.2) is 69.9 Å². The van der Waals surface area contributed by atoms with Crippen LogP contribution in [0.3, 0.4) is 0 Å². The maximum atomic E-state index is 5.41. The second-order valence-electron chi connectivity index (χ2n) is 38.7.